The van der Waals surface area contributed by atoms with Crippen molar-refractivity contribution in [3.63, 3.8) is 0 Å². The summed E-state index contributed by atoms with van der Waals surface area (Å²) in [6.45, 7) is 15.1. The molecule has 2 aliphatic rings. The maximum atomic E-state index is 4.00. The summed E-state index contributed by atoms with van der Waals surface area (Å²) in [5.41, 5.74) is 1.41. The van der Waals surface area contributed by atoms with Crippen molar-refractivity contribution in [3.8, 4) is 0 Å². The topological polar surface area (TPSA) is 14.1 Å². The van der Waals surface area contributed by atoms with Crippen LogP contribution < -0.4 is 0 Å². The van der Waals surface area contributed by atoms with Crippen LogP contribution in [0, 0.1) is 6.42 Å². The second-order valence-electron chi connectivity index (χ2n) is 3.56. The molecule has 0 N–H and O–H groups in total. The van der Waals surface area contributed by atoms with Crippen LogP contribution in [0.3, 0.4) is 0 Å². The molecule has 0 aromatic rings. The van der Waals surface area contributed by atoms with Crippen LogP contribution in [0.5, 0.6) is 0 Å². The molecule has 0 aromatic heterocycles. The minimum atomic E-state index is 0. The Balaban J connectivity index is -0.0000000825. The molecule has 19 heavy (non-hydrogen) atoms. The fourth-order valence-electron chi connectivity index (χ4n) is 1.42. The van der Waals surface area contributed by atoms with Crippen LogP contribution in [0.15, 0.2) is 11.8 Å². The minimum Gasteiger partial charge on any atom is -0.690 e. The zero-order chi connectivity index (χ0) is 14.6. The largest absolute Gasteiger partial charge is 2.00 e. The molecule has 0 amide bonds. The Morgan fingerprint density at radius 1 is 0.895 bits per heavy atom. The first-order valence-corrected chi connectivity index (χ1v) is 8.03. The van der Waals surface area contributed by atoms with Gasteiger partial charge in [-0.1, -0.05) is 66.4 Å². The smallest absolute Gasteiger partial charge is 0.690 e. The summed E-state index contributed by atoms with van der Waals surface area (Å²) in [4.78, 5) is 0. The van der Waals surface area contributed by atoms with Gasteiger partial charge in [-0.25, -0.2) is 0 Å². The average molecular weight is 306 g/mol. The van der Waals surface area contributed by atoms with Crippen molar-refractivity contribution in [1.82, 2.24) is 0 Å². The molecular weight excluding hydrogens is 269 g/mol. The van der Waals surface area contributed by atoms with Gasteiger partial charge in [-0.3, -0.25) is 0 Å². The summed E-state index contributed by atoms with van der Waals surface area (Å²) in [7, 11) is 0. The van der Waals surface area contributed by atoms with Gasteiger partial charge in [0.1, 0.15) is 0 Å². The third-order valence-electron chi connectivity index (χ3n) is 2.26. The van der Waals surface area contributed by atoms with Gasteiger partial charge < -0.3 is 11.7 Å². The van der Waals surface area contributed by atoms with E-state index in [4.69, 9.17) is 0 Å². The van der Waals surface area contributed by atoms with E-state index >= 15 is 0 Å². The molecule has 1 nitrogen and oxygen atoms in total. The van der Waals surface area contributed by atoms with Crippen LogP contribution in [0.25, 0.3) is 5.32 Å². The molecule has 115 valence electrons. The van der Waals surface area contributed by atoms with E-state index < -0.39 is 0 Å². The Labute approximate surface area is 135 Å². The van der Waals surface area contributed by atoms with Gasteiger partial charge in [-0.05, 0) is 13.3 Å². The maximum Gasteiger partial charge on any atom is 2.00 e. The minimum absolute atomic E-state index is 0. The van der Waals surface area contributed by atoms with Gasteiger partial charge in [-0.15, -0.1) is 6.54 Å². The Hall–Kier alpha value is 0.124. The van der Waals surface area contributed by atoms with Crippen molar-refractivity contribution in [1.29, 1.82) is 0 Å². The molecule has 1 saturated carbocycles. The van der Waals surface area contributed by atoms with Gasteiger partial charge in [0.15, 0.2) is 0 Å². The monoisotopic (exact) mass is 306 g/mol. The molecule has 0 spiro atoms. The average Bonchev–Trinajstić information content (AvgIpc) is 2.99. The molecule has 1 radical (unpaired) electrons. The zero-order valence-corrected chi connectivity index (χ0v) is 15.9. The molecule has 1 heterocycles. The molecular formula is C17H37NV. The van der Waals surface area contributed by atoms with E-state index in [1.54, 1.807) is 0 Å². The van der Waals surface area contributed by atoms with Gasteiger partial charge in [0.05, 0.1) is 0 Å². The van der Waals surface area contributed by atoms with E-state index in [2.05, 4.69) is 18.7 Å². The van der Waals surface area contributed by atoms with E-state index in [1.807, 2.05) is 47.7 Å². The predicted molar refractivity (Wildman–Crippen MR) is 88.0 cm³/mol. The van der Waals surface area contributed by atoms with Gasteiger partial charge in [0.2, 0.25) is 0 Å². The van der Waals surface area contributed by atoms with Crippen molar-refractivity contribution in [2.75, 3.05) is 6.54 Å². The van der Waals surface area contributed by atoms with Crippen molar-refractivity contribution in [3.05, 3.63) is 23.5 Å². The van der Waals surface area contributed by atoms with Crippen molar-refractivity contribution >= 4 is 0 Å². The fraction of sp³-hybridized carbons (Fsp3) is 0.824. The van der Waals surface area contributed by atoms with Crippen molar-refractivity contribution in [2.24, 2.45) is 0 Å². The van der Waals surface area contributed by atoms with Crippen LogP contribution in [0.4, 0.5) is 0 Å². The number of rotatable bonds is 0. The Kier molecular flexibility index (Phi) is 44.6. The van der Waals surface area contributed by atoms with Crippen LogP contribution >= 0.6 is 0 Å². The van der Waals surface area contributed by atoms with Crippen molar-refractivity contribution < 1.29 is 18.6 Å². The normalized spacial score (nSPS) is 14.8. The molecule has 1 aliphatic carbocycles. The van der Waals surface area contributed by atoms with E-state index in [1.165, 1.54) is 44.1 Å². The standard InChI is InChI=1S/C6H11.C5H8N.3C2H6.V/c1-2-4-6-5-3-1;1-5-2-3-6-4-5;3*1-2;/h1H,2-6H2;4H,2-3H2,1H3;3*1-2H3;/q2*-1;;;;+2. The number of hydrogen-bond donors (Lipinski definition) is 0. The third kappa shape index (κ3) is 27.4. The SMILES string of the molecule is CC.CC.CC.CC1=C[N-]CC1.[CH-]1CCCCC1.[V+2]. The van der Waals surface area contributed by atoms with Crippen LogP contribution in [0.2, 0.25) is 0 Å². The molecule has 1 aliphatic heterocycles. The predicted octanol–water partition coefficient (Wildman–Crippen LogP) is 6.90. The molecule has 0 unspecified atom stereocenters. The van der Waals surface area contributed by atoms with Gasteiger partial charge in [-0.2, -0.15) is 19.0 Å². The molecule has 0 saturated heterocycles. The molecule has 0 atom stereocenters. The summed E-state index contributed by atoms with van der Waals surface area (Å²) in [5, 5.41) is 4.00. The van der Waals surface area contributed by atoms with E-state index in [0.29, 0.717) is 0 Å². The Bertz CT molecular complexity index is 129. The van der Waals surface area contributed by atoms with E-state index in [9.17, 15) is 0 Å². The summed E-state index contributed by atoms with van der Waals surface area (Å²) < 4.78 is 0. The van der Waals surface area contributed by atoms with Crippen LogP contribution in [0.1, 0.15) is 87.0 Å². The van der Waals surface area contributed by atoms with Gasteiger partial charge in [0, 0.05) is 0 Å². The number of hydrogen-bond acceptors (Lipinski definition) is 0. The van der Waals surface area contributed by atoms with Gasteiger partial charge in [0.25, 0.3) is 0 Å². The summed E-state index contributed by atoms with van der Waals surface area (Å²) in [6, 6.07) is 0. The third-order valence-corrected chi connectivity index (χ3v) is 2.26. The Morgan fingerprint density at radius 2 is 1.37 bits per heavy atom. The fourth-order valence-corrected chi connectivity index (χ4v) is 1.42. The van der Waals surface area contributed by atoms with Crippen LogP contribution in [-0.4, -0.2) is 6.54 Å². The van der Waals surface area contributed by atoms with E-state index in [0.717, 1.165) is 6.54 Å². The first-order chi connectivity index (χ1) is 8.89. The van der Waals surface area contributed by atoms with Crippen molar-refractivity contribution in [2.45, 2.75) is 87.0 Å². The molecule has 0 bridgehead atoms. The quantitative estimate of drug-likeness (QED) is 0.432. The molecule has 2 heteroatoms. The molecule has 1 fully saturated rings. The summed E-state index contributed by atoms with van der Waals surface area (Å²) >= 11 is 0. The summed E-state index contributed by atoms with van der Waals surface area (Å²) in [5.74, 6) is 0. The van der Waals surface area contributed by atoms with E-state index in [-0.39, 0.29) is 18.6 Å². The summed E-state index contributed by atoms with van der Waals surface area (Å²) in [6.07, 6.45) is 12.6. The second-order valence-corrected chi connectivity index (χ2v) is 3.56. The molecule has 2 rings (SSSR count). The first-order valence-electron chi connectivity index (χ1n) is 8.03. The maximum absolute atomic E-state index is 4.00. The second kappa shape index (κ2) is 30.9. The number of nitrogens with zero attached hydrogens (tertiary/aromatic N) is 1. The zero-order valence-electron chi connectivity index (χ0n) is 14.5. The first kappa shape index (κ1) is 27.5. The van der Waals surface area contributed by atoms with Crippen LogP contribution in [-0.2, 0) is 18.6 Å². The molecule has 0 aromatic carbocycles. The Morgan fingerprint density at radius 3 is 1.47 bits per heavy atom. The van der Waals surface area contributed by atoms with Gasteiger partial charge >= 0.3 is 18.6 Å².